The Labute approximate surface area is 111 Å². The van der Waals surface area contributed by atoms with E-state index in [1.54, 1.807) is 0 Å². The number of fused-ring (bicyclic) bond motifs is 1. The van der Waals surface area contributed by atoms with Crippen molar-refractivity contribution >= 4 is 5.91 Å². The zero-order chi connectivity index (χ0) is 13.0. The van der Waals surface area contributed by atoms with Gasteiger partial charge in [0.25, 0.3) is 0 Å². The van der Waals surface area contributed by atoms with E-state index in [1.807, 2.05) is 0 Å². The summed E-state index contributed by atoms with van der Waals surface area (Å²) in [6, 6.07) is 0.697. The van der Waals surface area contributed by atoms with Gasteiger partial charge < -0.3 is 10.6 Å². The Bertz CT molecular complexity index is 264. The molecule has 0 aromatic carbocycles. The second kappa shape index (κ2) is 6.55. The van der Waals surface area contributed by atoms with Crippen LogP contribution in [0.25, 0.3) is 0 Å². The number of nitrogens with one attached hydrogen (secondary N) is 2. The maximum atomic E-state index is 12.1. The highest BCUT2D eigenvalue weighted by Gasteiger charge is 2.37. The van der Waals surface area contributed by atoms with Crippen LogP contribution in [0.3, 0.4) is 0 Å². The van der Waals surface area contributed by atoms with Crippen molar-refractivity contribution in [2.45, 2.75) is 70.9 Å². The van der Waals surface area contributed by atoms with Gasteiger partial charge in [0.05, 0.1) is 6.04 Å². The van der Waals surface area contributed by atoms with Crippen LogP contribution in [0.2, 0.25) is 0 Å². The standard InChI is InChI=1S/C15H28N2O/c1-11(2)6-5-9-16-15(18)14-10-12-7-3-4-8-13(12)17-14/h11-14,17H,3-10H2,1-2H3,(H,16,18). The summed E-state index contributed by atoms with van der Waals surface area (Å²) in [5, 5.41) is 6.62. The van der Waals surface area contributed by atoms with Gasteiger partial charge in [-0.1, -0.05) is 26.7 Å². The molecule has 2 aliphatic rings. The summed E-state index contributed by atoms with van der Waals surface area (Å²) in [4.78, 5) is 12.1. The van der Waals surface area contributed by atoms with E-state index in [2.05, 4.69) is 24.5 Å². The van der Waals surface area contributed by atoms with Crippen molar-refractivity contribution in [1.29, 1.82) is 0 Å². The van der Waals surface area contributed by atoms with Gasteiger partial charge in [0, 0.05) is 12.6 Å². The first-order valence-electron chi connectivity index (χ1n) is 7.70. The zero-order valence-corrected chi connectivity index (χ0v) is 11.9. The lowest BCUT2D eigenvalue weighted by atomic mass is 9.85. The highest BCUT2D eigenvalue weighted by atomic mass is 16.2. The maximum Gasteiger partial charge on any atom is 0.237 e. The van der Waals surface area contributed by atoms with Crippen molar-refractivity contribution in [2.75, 3.05) is 6.54 Å². The maximum absolute atomic E-state index is 12.1. The largest absolute Gasteiger partial charge is 0.355 e. The molecule has 1 saturated heterocycles. The van der Waals surface area contributed by atoms with Gasteiger partial charge in [0.15, 0.2) is 0 Å². The molecular formula is C15H28N2O. The first-order valence-corrected chi connectivity index (χ1v) is 7.70. The topological polar surface area (TPSA) is 41.1 Å². The molecule has 0 radical (unpaired) electrons. The molecule has 3 atom stereocenters. The van der Waals surface area contributed by atoms with Crippen LogP contribution in [0.4, 0.5) is 0 Å². The van der Waals surface area contributed by atoms with Gasteiger partial charge in [-0.2, -0.15) is 0 Å². The normalized spacial score (nSPS) is 31.4. The van der Waals surface area contributed by atoms with Crippen molar-refractivity contribution in [1.82, 2.24) is 10.6 Å². The highest BCUT2D eigenvalue weighted by molar-refractivity contribution is 5.82. The van der Waals surface area contributed by atoms with Gasteiger partial charge in [-0.05, 0) is 43.9 Å². The summed E-state index contributed by atoms with van der Waals surface area (Å²) in [6.45, 7) is 5.29. The third-order valence-electron chi connectivity index (χ3n) is 4.44. The molecule has 0 spiro atoms. The lowest BCUT2D eigenvalue weighted by Gasteiger charge is -2.24. The minimum Gasteiger partial charge on any atom is -0.355 e. The molecule has 18 heavy (non-hydrogen) atoms. The van der Waals surface area contributed by atoms with E-state index in [9.17, 15) is 4.79 Å². The Morgan fingerprint density at radius 3 is 2.83 bits per heavy atom. The van der Waals surface area contributed by atoms with Crippen molar-refractivity contribution in [3.05, 3.63) is 0 Å². The first-order chi connectivity index (χ1) is 8.66. The molecular weight excluding hydrogens is 224 g/mol. The van der Waals surface area contributed by atoms with E-state index in [0.717, 1.165) is 31.2 Å². The molecule has 2 N–H and O–H groups in total. The van der Waals surface area contributed by atoms with Gasteiger partial charge >= 0.3 is 0 Å². The first kappa shape index (κ1) is 13.9. The molecule has 3 unspecified atom stereocenters. The minimum absolute atomic E-state index is 0.0807. The van der Waals surface area contributed by atoms with Gasteiger partial charge in [-0.3, -0.25) is 4.79 Å². The summed E-state index contributed by atoms with van der Waals surface area (Å²) in [6.07, 6.45) is 8.62. The van der Waals surface area contributed by atoms with Gasteiger partial charge in [0.2, 0.25) is 5.91 Å². The number of amides is 1. The van der Waals surface area contributed by atoms with Crippen LogP contribution in [-0.4, -0.2) is 24.5 Å². The van der Waals surface area contributed by atoms with Crippen LogP contribution >= 0.6 is 0 Å². The minimum atomic E-state index is 0.0807. The second-order valence-corrected chi connectivity index (χ2v) is 6.43. The molecule has 0 aromatic rings. The average molecular weight is 252 g/mol. The number of hydrogen-bond acceptors (Lipinski definition) is 2. The number of hydrogen-bond donors (Lipinski definition) is 2. The van der Waals surface area contributed by atoms with E-state index < -0.39 is 0 Å². The summed E-state index contributed by atoms with van der Waals surface area (Å²) in [5.74, 6) is 1.72. The van der Waals surface area contributed by atoms with Crippen molar-refractivity contribution in [2.24, 2.45) is 11.8 Å². The Morgan fingerprint density at radius 1 is 1.33 bits per heavy atom. The lowest BCUT2D eigenvalue weighted by Crippen LogP contribution is -2.43. The van der Waals surface area contributed by atoms with Crippen LogP contribution < -0.4 is 10.6 Å². The third kappa shape index (κ3) is 3.71. The molecule has 1 amide bonds. The molecule has 0 bridgehead atoms. The molecule has 1 aliphatic heterocycles. The lowest BCUT2D eigenvalue weighted by molar-refractivity contribution is -0.122. The second-order valence-electron chi connectivity index (χ2n) is 6.43. The monoisotopic (exact) mass is 252 g/mol. The van der Waals surface area contributed by atoms with Crippen LogP contribution in [0.15, 0.2) is 0 Å². The van der Waals surface area contributed by atoms with Gasteiger partial charge in [-0.15, -0.1) is 0 Å². The number of carbonyl (C=O) groups is 1. The molecule has 3 nitrogen and oxygen atoms in total. The van der Waals surface area contributed by atoms with E-state index in [1.165, 1.54) is 32.1 Å². The van der Waals surface area contributed by atoms with Crippen molar-refractivity contribution < 1.29 is 4.79 Å². The SMILES string of the molecule is CC(C)CCCNC(=O)C1CC2CCCCC2N1. The molecule has 0 aromatic heterocycles. The molecule has 1 saturated carbocycles. The van der Waals surface area contributed by atoms with Crippen molar-refractivity contribution in [3.8, 4) is 0 Å². The van der Waals surface area contributed by atoms with Crippen LogP contribution in [0.5, 0.6) is 0 Å². The Hall–Kier alpha value is -0.570. The van der Waals surface area contributed by atoms with E-state index in [-0.39, 0.29) is 11.9 Å². The van der Waals surface area contributed by atoms with Gasteiger partial charge in [-0.25, -0.2) is 0 Å². The fourth-order valence-corrected chi connectivity index (χ4v) is 3.37. The van der Waals surface area contributed by atoms with E-state index >= 15 is 0 Å². The highest BCUT2D eigenvalue weighted by Crippen LogP contribution is 2.33. The summed E-state index contributed by atoms with van der Waals surface area (Å²) >= 11 is 0. The zero-order valence-electron chi connectivity index (χ0n) is 11.9. The van der Waals surface area contributed by atoms with E-state index in [0.29, 0.717) is 6.04 Å². The number of rotatable bonds is 5. The Balaban J connectivity index is 1.67. The van der Waals surface area contributed by atoms with Crippen LogP contribution in [0, 0.1) is 11.8 Å². The van der Waals surface area contributed by atoms with E-state index in [4.69, 9.17) is 0 Å². The fraction of sp³-hybridized carbons (Fsp3) is 0.933. The predicted octanol–water partition coefficient (Wildman–Crippen LogP) is 2.46. The fourth-order valence-electron chi connectivity index (χ4n) is 3.37. The molecule has 2 rings (SSSR count). The molecule has 2 fully saturated rings. The van der Waals surface area contributed by atoms with Crippen LogP contribution in [-0.2, 0) is 4.79 Å². The average Bonchev–Trinajstić information content (AvgIpc) is 2.78. The third-order valence-corrected chi connectivity index (χ3v) is 4.44. The Morgan fingerprint density at radius 2 is 2.11 bits per heavy atom. The summed E-state index contributed by atoms with van der Waals surface area (Å²) in [5.41, 5.74) is 0. The summed E-state index contributed by atoms with van der Waals surface area (Å²) < 4.78 is 0. The van der Waals surface area contributed by atoms with Crippen molar-refractivity contribution in [3.63, 3.8) is 0 Å². The molecule has 3 heteroatoms. The van der Waals surface area contributed by atoms with Crippen LogP contribution in [0.1, 0.15) is 58.8 Å². The van der Waals surface area contributed by atoms with Gasteiger partial charge in [0.1, 0.15) is 0 Å². The number of carbonyl (C=O) groups excluding carboxylic acids is 1. The predicted molar refractivity (Wildman–Crippen MR) is 74.4 cm³/mol. The quantitative estimate of drug-likeness (QED) is 0.738. The summed E-state index contributed by atoms with van der Waals surface area (Å²) in [7, 11) is 0. The molecule has 104 valence electrons. The molecule has 1 aliphatic carbocycles. The Kier molecular flexibility index (Phi) is 5.04. The molecule has 1 heterocycles. The smallest absolute Gasteiger partial charge is 0.237 e.